The van der Waals surface area contributed by atoms with E-state index in [0.29, 0.717) is 5.56 Å². The lowest BCUT2D eigenvalue weighted by Crippen LogP contribution is -2.52. The van der Waals surface area contributed by atoms with E-state index in [1.807, 2.05) is 0 Å². The molecule has 21 heavy (non-hydrogen) atoms. The zero-order chi connectivity index (χ0) is 16.4. The molecule has 1 aromatic carbocycles. The molecule has 8 nitrogen and oxygen atoms in total. The van der Waals surface area contributed by atoms with Gasteiger partial charge in [0.2, 0.25) is 0 Å². The maximum absolute atomic E-state index is 12.0. The van der Waals surface area contributed by atoms with Crippen LogP contribution in [0.5, 0.6) is 0 Å². The predicted octanol–water partition coefficient (Wildman–Crippen LogP) is 2.23. The maximum Gasteiger partial charge on any atom is 0.329 e. The van der Waals surface area contributed by atoms with Crippen molar-refractivity contribution in [2.24, 2.45) is 0 Å². The van der Waals surface area contributed by atoms with Gasteiger partial charge in [0, 0.05) is 24.4 Å². The van der Waals surface area contributed by atoms with E-state index in [-0.39, 0.29) is 11.4 Å². The zero-order valence-electron chi connectivity index (χ0n) is 12.2. The van der Waals surface area contributed by atoms with Crippen molar-refractivity contribution < 1.29 is 19.6 Å². The summed E-state index contributed by atoms with van der Waals surface area (Å²) in [4.78, 5) is 34.4. The second-order valence-corrected chi connectivity index (χ2v) is 5.11. The third-order valence-electron chi connectivity index (χ3n) is 3.32. The van der Waals surface area contributed by atoms with E-state index in [4.69, 9.17) is 5.11 Å². The number of likely N-dealkylation sites (N-methyl/N-ethyl adjacent to an activating group) is 1. The van der Waals surface area contributed by atoms with Crippen molar-refractivity contribution in [1.29, 1.82) is 0 Å². The molecule has 2 amide bonds. The monoisotopic (exact) mass is 295 g/mol. The van der Waals surface area contributed by atoms with E-state index in [2.05, 4.69) is 5.32 Å². The molecule has 0 spiro atoms. The Morgan fingerprint density at radius 3 is 2.43 bits per heavy atom. The van der Waals surface area contributed by atoms with Crippen molar-refractivity contribution in [3.05, 3.63) is 33.9 Å². The van der Waals surface area contributed by atoms with Crippen LogP contribution in [0.15, 0.2) is 18.2 Å². The number of rotatable bonds is 4. The Bertz CT molecular complexity index is 597. The third kappa shape index (κ3) is 3.47. The topological polar surface area (TPSA) is 113 Å². The first kappa shape index (κ1) is 16.4. The summed E-state index contributed by atoms with van der Waals surface area (Å²) in [5, 5.41) is 22.4. The Hall–Kier alpha value is -2.64. The second kappa shape index (κ2) is 5.78. The number of anilines is 1. The van der Waals surface area contributed by atoms with E-state index >= 15 is 0 Å². The molecule has 0 atom stereocenters. The Kier molecular flexibility index (Phi) is 4.52. The number of benzene rings is 1. The van der Waals surface area contributed by atoms with Crippen LogP contribution in [0.3, 0.4) is 0 Å². The number of hydrogen-bond acceptors (Lipinski definition) is 4. The molecule has 0 heterocycles. The van der Waals surface area contributed by atoms with Crippen molar-refractivity contribution >= 4 is 23.4 Å². The number of amides is 2. The summed E-state index contributed by atoms with van der Waals surface area (Å²) in [6.07, 6.45) is 0. The maximum atomic E-state index is 12.0. The average molecular weight is 295 g/mol. The number of aryl methyl sites for hydroxylation is 1. The van der Waals surface area contributed by atoms with Gasteiger partial charge in [0.15, 0.2) is 0 Å². The molecule has 0 bridgehead atoms. The smallest absolute Gasteiger partial charge is 0.329 e. The number of nitro groups is 1. The summed E-state index contributed by atoms with van der Waals surface area (Å²) in [5.74, 6) is -1.16. The highest BCUT2D eigenvalue weighted by Gasteiger charge is 2.35. The molecule has 0 radical (unpaired) electrons. The zero-order valence-corrected chi connectivity index (χ0v) is 12.2. The minimum atomic E-state index is -1.40. The number of carbonyl (C=O) groups excluding carboxylic acids is 1. The van der Waals surface area contributed by atoms with E-state index in [1.165, 1.54) is 39.1 Å². The lowest BCUT2D eigenvalue weighted by Gasteiger charge is -2.31. The molecule has 0 aliphatic heterocycles. The Balaban J connectivity index is 2.97. The molecule has 0 saturated carbocycles. The van der Waals surface area contributed by atoms with Gasteiger partial charge in [-0.15, -0.1) is 0 Å². The van der Waals surface area contributed by atoms with Crippen molar-refractivity contribution in [3.63, 3.8) is 0 Å². The van der Waals surface area contributed by atoms with Crippen LogP contribution in [0, 0.1) is 17.0 Å². The van der Waals surface area contributed by atoms with E-state index in [1.54, 1.807) is 6.92 Å². The SMILES string of the molecule is Cc1ccc(NC(=O)N(C)C(C)(C)C(=O)O)cc1[N+](=O)[O-]. The molecular weight excluding hydrogens is 278 g/mol. The van der Waals surface area contributed by atoms with E-state index in [0.717, 1.165) is 4.90 Å². The van der Waals surface area contributed by atoms with Crippen LogP contribution in [0.1, 0.15) is 19.4 Å². The molecule has 2 N–H and O–H groups in total. The fourth-order valence-corrected chi connectivity index (χ4v) is 1.49. The van der Waals surface area contributed by atoms with Crippen LogP contribution in [-0.2, 0) is 4.79 Å². The highest BCUT2D eigenvalue weighted by molar-refractivity contribution is 5.93. The third-order valence-corrected chi connectivity index (χ3v) is 3.32. The predicted molar refractivity (Wildman–Crippen MR) is 76.3 cm³/mol. The average Bonchev–Trinajstić information content (AvgIpc) is 2.39. The number of nitrogens with zero attached hydrogens (tertiary/aromatic N) is 2. The highest BCUT2D eigenvalue weighted by Crippen LogP contribution is 2.23. The molecule has 0 aromatic heterocycles. The van der Waals surface area contributed by atoms with Gasteiger partial charge < -0.3 is 15.3 Å². The second-order valence-electron chi connectivity index (χ2n) is 5.11. The summed E-state index contributed by atoms with van der Waals surface area (Å²) in [6.45, 7) is 4.35. The number of hydrogen-bond donors (Lipinski definition) is 2. The van der Waals surface area contributed by atoms with Gasteiger partial charge >= 0.3 is 12.0 Å². The Labute approximate surface area is 121 Å². The van der Waals surface area contributed by atoms with Gasteiger partial charge in [-0.25, -0.2) is 9.59 Å². The molecule has 0 fully saturated rings. The Morgan fingerprint density at radius 1 is 1.38 bits per heavy atom. The summed E-state index contributed by atoms with van der Waals surface area (Å²) in [5.41, 5.74) is -0.823. The number of nitrogens with one attached hydrogen (secondary N) is 1. The van der Waals surface area contributed by atoms with Crippen LogP contribution < -0.4 is 5.32 Å². The van der Waals surface area contributed by atoms with Crippen LogP contribution in [-0.4, -0.2) is 39.5 Å². The molecule has 0 saturated heterocycles. The first-order valence-corrected chi connectivity index (χ1v) is 6.10. The largest absolute Gasteiger partial charge is 0.480 e. The van der Waals surface area contributed by atoms with Crippen LogP contribution >= 0.6 is 0 Å². The summed E-state index contributed by atoms with van der Waals surface area (Å²) >= 11 is 0. The molecule has 0 unspecified atom stereocenters. The molecule has 8 heteroatoms. The highest BCUT2D eigenvalue weighted by atomic mass is 16.6. The fourth-order valence-electron chi connectivity index (χ4n) is 1.49. The molecule has 0 aliphatic carbocycles. The fraction of sp³-hybridized carbons (Fsp3) is 0.385. The number of carboxylic acids is 1. The van der Waals surface area contributed by atoms with Gasteiger partial charge in [0.1, 0.15) is 5.54 Å². The lowest BCUT2D eigenvalue weighted by atomic mass is 10.1. The summed E-state index contributed by atoms with van der Waals surface area (Å²) in [6, 6.07) is 3.59. The van der Waals surface area contributed by atoms with Crippen molar-refractivity contribution in [2.45, 2.75) is 26.3 Å². The number of carboxylic acid groups (broad SMARTS) is 1. The minimum Gasteiger partial charge on any atom is -0.480 e. The summed E-state index contributed by atoms with van der Waals surface area (Å²) in [7, 11) is 1.34. The van der Waals surface area contributed by atoms with E-state index in [9.17, 15) is 19.7 Å². The standard InChI is InChI=1S/C13H17N3O5/c1-8-5-6-9(7-10(8)16(20)21)14-12(19)15(4)13(2,3)11(17)18/h5-7H,1-4H3,(H,14,19)(H,17,18). The van der Waals surface area contributed by atoms with Gasteiger partial charge in [-0.2, -0.15) is 0 Å². The number of urea groups is 1. The van der Waals surface area contributed by atoms with E-state index < -0.39 is 22.5 Å². The molecule has 114 valence electrons. The summed E-state index contributed by atoms with van der Waals surface area (Å²) < 4.78 is 0. The van der Waals surface area contributed by atoms with Gasteiger partial charge in [0.25, 0.3) is 5.69 Å². The van der Waals surface area contributed by atoms with Crippen molar-refractivity contribution in [1.82, 2.24) is 4.90 Å². The number of carbonyl (C=O) groups is 2. The normalized spacial score (nSPS) is 10.9. The molecule has 1 rings (SSSR count). The van der Waals surface area contributed by atoms with Crippen LogP contribution in [0.2, 0.25) is 0 Å². The number of nitro benzene ring substituents is 1. The quantitative estimate of drug-likeness (QED) is 0.653. The van der Waals surface area contributed by atoms with Crippen molar-refractivity contribution in [2.75, 3.05) is 12.4 Å². The van der Waals surface area contributed by atoms with Crippen LogP contribution in [0.4, 0.5) is 16.2 Å². The van der Waals surface area contributed by atoms with Gasteiger partial charge in [-0.1, -0.05) is 6.07 Å². The van der Waals surface area contributed by atoms with Gasteiger partial charge in [-0.05, 0) is 26.8 Å². The minimum absolute atomic E-state index is 0.118. The van der Waals surface area contributed by atoms with Crippen LogP contribution in [0.25, 0.3) is 0 Å². The van der Waals surface area contributed by atoms with Gasteiger partial charge in [-0.3, -0.25) is 10.1 Å². The molecule has 1 aromatic rings. The van der Waals surface area contributed by atoms with Gasteiger partial charge in [0.05, 0.1) is 4.92 Å². The van der Waals surface area contributed by atoms with Crippen molar-refractivity contribution in [3.8, 4) is 0 Å². The lowest BCUT2D eigenvalue weighted by molar-refractivity contribution is -0.385. The molecule has 0 aliphatic rings. The number of aliphatic carboxylic acids is 1. The Morgan fingerprint density at radius 2 is 1.95 bits per heavy atom. The first-order valence-electron chi connectivity index (χ1n) is 6.10. The first-order chi connectivity index (χ1) is 9.57. The molecular formula is C13H17N3O5.